The van der Waals surface area contributed by atoms with E-state index in [1.165, 1.54) is 13.2 Å². The second-order valence-electron chi connectivity index (χ2n) is 6.80. The molecule has 1 aliphatic rings. The summed E-state index contributed by atoms with van der Waals surface area (Å²) in [6.45, 7) is 3.57. The molecule has 0 amide bonds. The number of ether oxygens (including phenoxy) is 1. The molecule has 0 radical (unpaired) electrons. The number of methoxy groups -OCH3 is 1. The van der Waals surface area contributed by atoms with Gasteiger partial charge in [-0.1, -0.05) is 0 Å². The SMILES string of the molecule is CCN1CCNc2c1cc(C(=O)OC)cc2N(S(=O)(=O)CCCCl)S(=O)(=O)CCCCl. The molecule has 0 saturated heterocycles. The lowest BCUT2D eigenvalue weighted by Gasteiger charge is -2.35. The largest absolute Gasteiger partial charge is 0.465 e. The lowest BCUT2D eigenvalue weighted by Crippen LogP contribution is -2.42. The van der Waals surface area contributed by atoms with Crippen LogP contribution in [0.2, 0.25) is 0 Å². The number of carbonyl (C=O) groups is 1. The maximum absolute atomic E-state index is 13.2. The Balaban J connectivity index is 2.81. The van der Waals surface area contributed by atoms with E-state index < -0.39 is 37.5 Å². The Morgan fingerprint density at radius 1 is 1.13 bits per heavy atom. The molecule has 0 atom stereocenters. The number of sulfonamides is 2. The third-order valence-electron chi connectivity index (χ3n) is 4.70. The summed E-state index contributed by atoms with van der Waals surface area (Å²) in [7, 11) is -7.45. The average molecular weight is 516 g/mol. The van der Waals surface area contributed by atoms with Crippen LogP contribution in [0, 0.1) is 0 Å². The van der Waals surface area contributed by atoms with Crippen molar-refractivity contribution >= 4 is 66.3 Å². The second-order valence-corrected chi connectivity index (χ2v) is 11.7. The molecular formula is C18H27Cl2N3O6S2. The fourth-order valence-electron chi connectivity index (χ4n) is 3.30. The molecule has 9 nitrogen and oxygen atoms in total. The number of alkyl halides is 2. The quantitative estimate of drug-likeness (QED) is 0.353. The monoisotopic (exact) mass is 515 g/mol. The molecular weight excluding hydrogens is 489 g/mol. The summed E-state index contributed by atoms with van der Waals surface area (Å²) < 4.78 is 58.0. The van der Waals surface area contributed by atoms with Gasteiger partial charge < -0.3 is 15.0 Å². The predicted molar refractivity (Wildman–Crippen MR) is 125 cm³/mol. The van der Waals surface area contributed by atoms with Crippen molar-refractivity contribution in [1.82, 2.24) is 0 Å². The second kappa shape index (κ2) is 10.9. The normalized spacial score (nSPS) is 14.0. The highest BCUT2D eigenvalue weighted by Crippen LogP contribution is 2.42. The van der Waals surface area contributed by atoms with E-state index in [1.54, 1.807) is 6.07 Å². The molecule has 0 bridgehead atoms. The lowest BCUT2D eigenvalue weighted by molar-refractivity contribution is 0.0600. The third-order valence-corrected chi connectivity index (χ3v) is 9.61. The molecule has 0 saturated carbocycles. The van der Waals surface area contributed by atoms with Crippen molar-refractivity contribution in [2.24, 2.45) is 0 Å². The third kappa shape index (κ3) is 5.88. The zero-order chi connectivity index (χ0) is 23.2. The van der Waals surface area contributed by atoms with Crippen LogP contribution in [0.15, 0.2) is 12.1 Å². The summed E-state index contributed by atoms with van der Waals surface area (Å²) in [5, 5.41) is 3.10. The van der Waals surface area contributed by atoms with Crippen molar-refractivity contribution in [2.75, 3.05) is 63.9 Å². The molecule has 176 valence electrons. The summed E-state index contributed by atoms with van der Waals surface area (Å²) in [4.78, 5) is 14.2. The first-order chi connectivity index (χ1) is 14.6. The number of carbonyl (C=O) groups excluding carboxylic acids is 1. The molecule has 0 aromatic heterocycles. The Bertz CT molecular complexity index is 964. The van der Waals surface area contributed by atoms with Crippen molar-refractivity contribution in [2.45, 2.75) is 19.8 Å². The first-order valence-electron chi connectivity index (χ1n) is 9.76. The average Bonchev–Trinajstić information content (AvgIpc) is 2.74. The number of benzene rings is 1. The van der Waals surface area contributed by atoms with Crippen LogP contribution < -0.4 is 13.9 Å². The van der Waals surface area contributed by atoms with Crippen molar-refractivity contribution in [3.05, 3.63) is 17.7 Å². The van der Waals surface area contributed by atoms with Gasteiger partial charge in [0.25, 0.3) is 0 Å². The summed E-state index contributed by atoms with van der Waals surface area (Å²) in [6, 6.07) is 2.79. The standard InChI is InChI=1S/C18H27Cl2N3O6S2/c1-3-22-9-8-21-17-15(22)12-14(18(24)29-2)13-16(17)23(30(25,26)10-4-6-19)31(27,28)11-5-7-20/h12-13,21H,3-11H2,1-2H3. The minimum atomic E-state index is -4.33. The van der Waals surface area contributed by atoms with Gasteiger partial charge in [0.2, 0.25) is 20.0 Å². The molecule has 31 heavy (non-hydrogen) atoms. The number of nitrogens with zero attached hydrogens (tertiary/aromatic N) is 2. The maximum Gasteiger partial charge on any atom is 0.338 e. The number of hydrogen-bond acceptors (Lipinski definition) is 8. The molecule has 0 fully saturated rings. The van der Waals surface area contributed by atoms with Gasteiger partial charge in [0.15, 0.2) is 0 Å². The van der Waals surface area contributed by atoms with Gasteiger partial charge in [0.05, 0.1) is 41.2 Å². The summed E-state index contributed by atoms with van der Waals surface area (Å²) in [6.07, 6.45) is 0.137. The summed E-state index contributed by atoms with van der Waals surface area (Å²) >= 11 is 11.3. The Morgan fingerprint density at radius 3 is 2.19 bits per heavy atom. The fraction of sp³-hybridized carbons (Fsp3) is 0.611. The molecule has 1 N–H and O–H groups in total. The van der Waals surface area contributed by atoms with Crippen LogP contribution in [0.5, 0.6) is 0 Å². The highest BCUT2D eigenvalue weighted by molar-refractivity contribution is 8.10. The van der Waals surface area contributed by atoms with Crippen LogP contribution in [0.1, 0.15) is 30.1 Å². The summed E-state index contributed by atoms with van der Waals surface area (Å²) in [5.41, 5.74) is 0.755. The molecule has 1 aromatic carbocycles. The molecule has 0 unspecified atom stereocenters. The molecule has 2 rings (SSSR count). The van der Waals surface area contributed by atoms with E-state index in [2.05, 4.69) is 5.32 Å². The van der Waals surface area contributed by atoms with Gasteiger partial charge >= 0.3 is 5.97 Å². The molecule has 13 heteroatoms. The van der Waals surface area contributed by atoms with Crippen molar-refractivity contribution < 1.29 is 26.4 Å². The van der Waals surface area contributed by atoms with Gasteiger partial charge in [-0.2, -0.15) is 3.71 Å². The minimum Gasteiger partial charge on any atom is -0.465 e. The lowest BCUT2D eigenvalue weighted by atomic mass is 10.1. The maximum atomic E-state index is 13.2. The van der Waals surface area contributed by atoms with Crippen LogP contribution in [0.25, 0.3) is 0 Å². The van der Waals surface area contributed by atoms with E-state index in [-0.39, 0.29) is 35.9 Å². The summed E-state index contributed by atoms with van der Waals surface area (Å²) in [5.74, 6) is -1.54. The van der Waals surface area contributed by atoms with Gasteiger partial charge in [-0.3, -0.25) is 0 Å². The van der Waals surface area contributed by atoms with Crippen LogP contribution >= 0.6 is 23.2 Å². The van der Waals surface area contributed by atoms with Crippen molar-refractivity contribution in [3.63, 3.8) is 0 Å². The number of likely N-dealkylation sites (N-methyl/N-ethyl adjacent to an activating group) is 1. The number of hydrogen-bond donors (Lipinski definition) is 1. The topological polar surface area (TPSA) is 113 Å². The highest BCUT2D eigenvalue weighted by Gasteiger charge is 2.37. The van der Waals surface area contributed by atoms with Gasteiger partial charge in [-0.15, -0.1) is 23.2 Å². The van der Waals surface area contributed by atoms with Gasteiger partial charge in [0, 0.05) is 31.4 Å². The van der Waals surface area contributed by atoms with E-state index >= 15 is 0 Å². The Morgan fingerprint density at radius 2 is 1.71 bits per heavy atom. The zero-order valence-corrected chi connectivity index (χ0v) is 20.6. The van der Waals surface area contributed by atoms with Crippen LogP contribution in [-0.4, -0.2) is 72.8 Å². The Labute approximate surface area is 193 Å². The highest BCUT2D eigenvalue weighted by atomic mass is 35.5. The zero-order valence-electron chi connectivity index (χ0n) is 17.4. The molecule has 0 spiro atoms. The van der Waals surface area contributed by atoms with E-state index in [0.717, 1.165) is 0 Å². The Hall–Kier alpha value is -1.43. The van der Waals surface area contributed by atoms with Gasteiger partial charge in [-0.25, -0.2) is 21.6 Å². The number of nitrogens with one attached hydrogen (secondary N) is 1. The predicted octanol–water partition coefficient (Wildman–Crippen LogP) is 2.45. The molecule has 1 aliphatic heterocycles. The first-order valence-corrected chi connectivity index (χ1v) is 14.0. The first kappa shape index (κ1) is 25.8. The molecule has 1 heterocycles. The fourth-order valence-corrected chi connectivity index (χ4v) is 7.95. The smallest absolute Gasteiger partial charge is 0.338 e. The van der Waals surface area contributed by atoms with Crippen molar-refractivity contribution in [1.29, 1.82) is 0 Å². The van der Waals surface area contributed by atoms with E-state index in [9.17, 15) is 21.6 Å². The van der Waals surface area contributed by atoms with Crippen LogP contribution in [-0.2, 0) is 24.8 Å². The van der Waals surface area contributed by atoms with E-state index in [0.29, 0.717) is 34.7 Å². The number of anilines is 3. The van der Waals surface area contributed by atoms with E-state index in [4.69, 9.17) is 27.9 Å². The number of fused-ring (bicyclic) bond motifs is 1. The number of esters is 1. The number of halogens is 2. The van der Waals surface area contributed by atoms with E-state index in [1.807, 2.05) is 11.8 Å². The number of rotatable bonds is 11. The van der Waals surface area contributed by atoms with Crippen LogP contribution in [0.3, 0.4) is 0 Å². The molecule has 1 aromatic rings. The van der Waals surface area contributed by atoms with Gasteiger partial charge in [-0.05, 0) is 31.9 Å². The molecule has 0 aliphatic carbocycles. The Kier molecular flexibility index (Phi) is 9.11. The van der Waals surface area contributed by atoms with Crippen LogP contribution in [0.4, 0.5) is 17.1 Å². The van der Waals surface area contributed by atoms with Crippen molar-refractivity contribution in [3.8, 4) is 0 Å². The minimum absolute atomic E-state index is 0.0449. The van der Waals surface area contributed by atoms with Gasteiger partial charge in [0.1, 0.15) is 0 Å².